The Bertz CT molecular complexity index is 339. The largest absolute Gasteiger partial charge is 0.384 e. The fourth-order valence-corrected chi connectivity index (χ4v) is 2.27. The summed E-state index contributed by atoms with van der Waals surface area (Å²) in [6, 6.07) is 5.80. The zero-order valence-electron chi connectivity index (χ0n) is 9.31. The van der Waals surface area contributed by atoms with Gasteiger partial charge in [0.1, 0.15) is 0 Å². The van der Waals surface area contributed by atoms with Crippen LogP contribution in [0.4, 0.5) is 5.69 Å². The molecule has 0 saturated heterocycles. The number of rotatable bonds is 7. The minimum Gasteiger partial charge on any atom is -0.384 e. The number of unbranched alkanes of at least 4 members (excludes halogenated alkanes) is 3. The van der Waals surface area contributed by atoms with E-state index < -0.39 is 0 Å². The van der Waals surface area contributed by atoms with Crippen molar-refractivity contribution in [1.29, 1.82) is 0 Å². The molecule has 0 bridgehead atoms. The smallest absolute Gasteiger partial charge is 0.0485 e. The molecule has 0 aliphatic heterocycles. The number of hydrogen-bond acceptors (Lipinski definition) is 1. The molecule has 1 nitrogen and oxygen atoms in total. The molecule has 0 aliphatic rings. The Kier molecular flexibility index (Phi) is 6.58. The van der Waals surface area contributed by atoms with Crippen LogP contribution in [0.25, 0.3) is 0 Å². The van der Waals surface area contributed by atoms with Crippen LogP contribution >= 0.6 is 27.5 Å². The summed E-state index contributed by atoms with van der Waals surface area (Å²) < 4.78 is 1.02. The van der Waals surface area contributed by atoms with E-state index in [9.17, 15) is 0 Å². The highest BCUT2D eigenvalue weighted by atomic mass is 79.9. The molecule has 0 amide bonds. The molecule has 0 spiro atoms. The van der Waals surface area contributed by atoms with E-state index in [4.69, 9.17) is 11.6 Å². The van der Waals surface area contributed by atoms with E-state index in [1.165, 1.54) is 19.3 Å². The van der Waals surface area contributed by atoms with Gasteiger partial charge in [-0.2, -0.15) is 0 Å². The van der Waals surface area contributed by atoms with E-state index >= 15 is 0 Å². The Morgan fingerprint density at radius 2 is 2.12 bits per heavy atom. The molecule has 1 aromatic carbocycles. The van der Waals surface area contributed by atoms with Gasteiger partial charge in [-0.1, -0.05) is 24.1 Å². The molecule has 0 unspecified atom stereocenters. The first-order valence-corrected chi connectivity index (χ1v) is 6.71. The van der Waals surface area contributed by atoms with Crippen LogP contribution in [-0.4, -0.2) is 6.54 Å². The van der Waals surface area contributed by atoms with Crippen LogP contribution in [0.15, 0.2) is 35.3 Å². The zero-order chi connectivity index (χ0) is 11.8. The second-order valence-electron chi connectivity index (χ2n) is 3.69. The molecule has 1 aromatic rings. The Morgan fingerprint density at radius 3 is 2.81 bits per heavy atom. The van der Waals surface area contributed by atoms with Gasteiger partial charge < -0.3 is 5.32 Å². The first-order chi connectivity index (χ1) is 7.74. The van der Waals surface area contributed by atoms with E-state index in [0.717, 1.165) is 28.1 Å². The van der Waals surface area contributed by atoms with Crippen LogP contribution in [0.1, 0.15) is 25.7 Å². The number of nitrogens with one attached hydrogen (secondary N) is 1. The quantitative estimate of drug-likeness (QED) is 0.535. The normalized spacial score (nSPS) is 10.1. The lowest BCUT2D eigenvalue weighted by Gasteiger charge is -2.08. The summed E-state index contributed by atoms with van der Waals surface area (Å²) >= 11 is 9.35. The van der Waals surface area contributed by atoms with Gasteiger partial charge in [0.25, 0.3) is 0 Å². The third kappa shape index (κ3) is 5.04. The van der Waals surface area contributed by atoms with Gasteiger partial charge in [-0.3, -0.25) is 0 Å². The molecule has 0 heterocycles. The standard InChI is InChI=1S/C13H17BrClN/c1-2-3-4-5-6-9-16-13-8-7-11(15)10-12(13)14/h2,7-8,10,16H,1,3-6,9H2. The lowest BCUT2D eigenvalue weighted by atomic mass is 10.2. The summed E-state index contributed by atoms with van der Waals surface area (Å²) in [4.78, 5) is 0. The van der Waals surface area contributed by atoms with Crippen LogP contribution in [0.5, 0.6) is 0 Å². The Hall–Kier alpha value is -0.470. The summed E-state index contributed by atoms with van der Waals surface area (Å²) in [6.45, 7) is 4.71. The third-order valence-corrected chi connectivity index (χ3v) is 3.22. The number of halogens is 2. The Balaban J connectivity index is 2.24. The monoisotopic (exact) mass is 301 g/mol. The number of benzene rings is 1. The van der Waals surface area contributed by atoms with Crippen molar-refractivity contribution >= 4 is 33.2 Å². The van der Waals surface area contributed by atoms with Gasteiger partial charge in [0.15, 0.2) is 0 Å². The van der Waals surface area contributed by atoms with Crippen molar-refractivity contribution in [2.45, 2.75) is 25.7 Å². The van der Waals surface area contributed by atoms with Crippen LogP contribution in [0.2, 0.25) is 5.02 Å². The van der Waals surface area contributed by atoms with Crippen molar-refractivity contribution in [3.63, 3.8) is 0 Å². The summed E-state index contributed by atoms with van der Waals surface area (Å²) in [5.41, 5.74) is 1.10. The highest BCUT2D eigenvalue weighted by molar-refractivity contribution is 9.10. The molecule has 1 N–H and O–H groups in total. The molecular weight excluding hydrogens is 286 g/mol. The Labute approximate surface area is 111 Å². The predicted octanol–water partition coefficient (Wildman–Crippen LogP) is 5.26. The molecular formula is C13H17BrClN. The second kappa shape index (κ2) is 7.75. The van der Waals surface area contributed by atoms with Gasteiger partial charge in [0.05, 0.1) is 0 Å². The average Bonchev–Trinajstić information content (AvgIpc) is 2.26. The summed E-state index contributed by atoms with van der Waals surface area (Å²) in [6.07, 6.45) is 6.74. The molecule has 0 aliphatic carbocycles. The summed E-state index contributed by atoms with van der Waals surface area (Å²) in [7, 11) is 0. The first kappa shape index (κ1) is 13.6. The molecule has 0 fully saturated rings. The van der Waals surface area contributed by atoms with E-state index in [1.807, 2.05) is 24.3 Å². The van der Waals surface area contributed by atoms with Gasteiger partial charge >= 0.3 is 0 Å². The maximum absolute atomic E-state index is 5.87. The van der Waals surface area contributed by atoms with E-state index in [2.05, 4.69) is 27.8 Å². The van der Waals surface area contributed by atoms with Crippen LogP contribution in [0, 0.1) is 0 Å². The fourth-order valence-electron chi connectivity index (χ4n) is 1.45. The molecule has 0 radical (unpaired) electrons. The maximum Gasteiger partial charge on any atom is 0.0485 e. The topological polar surface area (TPSA) is 12.0 Å². The highest BCUT2D eigenvalue weighted by Crippen LogP contribution is 2.25. The molecule has 1 rings (SSSR count). The van der Waals surface area contributed by atoms with E-state index in [1.54, 1.807) is 0 Å². The molecule has 0 atom stereocenters. The number of anilines is 1. The molecule has 16 heavy (non-hydrogen) atoms. The maximum atomic E-state index is 5.87. The molecule has 0 aromatic heterocycles. The predicted molar refractivity (Wildman–Crippen MR) is 76.3 cm³/mol. The van der Waals surface area contributed by atoms with Crippen molar-refractivity contribution in [2.75, 3.05) is 11.9 Å². The van der Waals surface area contributed by atoms with Crippen molar-refractivity contribution in [2.24, 2.45) is 0 Å². The summed E-state index contributed by atoms with van der Waals surface area (Å²) in [5, 5.41) is 4.14. The van der Waals surface area contributed by atoms with Crippen LogP contribution in [-0.2, 0) is 0 Å². The van der Waals surface area contributed by atoms with Crippen LogP contribution in [0.3, 0.4) is 0 Å². The van der Waals surface area contributed by atoms with Gasteiger partial charge in [-0.15, -0.1) is 6.58 Å². The van der Waals surface area contributed by atoms with Crippen molar-refractivity contribution in [1.82, 2.24) is 0 Å². The van der Waals surface area contributed by atoms with Gasteiger partial charge in [-0.25, -0.2) is 0 Å². The number of hydrogen-bond donors (Lipinski definition) is 1. The average molecular weight is 303 g/mol. The minimum absolute atomic E-state index is 0.753. The van der Waals surface area contributed by atoms with Gasteiger partial charge in [0.2, 0.25) is 0 Å². The lowest BCUT2D eigenvalue weighted by Crippen LogP contribution is -2.01. The van der Waals surface area contributed by atoms with Crippen LogP contribution < -0.4 is 5.32 Å². The van der Waals surface area contributed by atoms with E-state index in [-0.39, 0.29) is 0 Å². The summed E-state index contributed by atoms with van der Waals surface area (Å²) in [5.74, 6) is 0. The molecule has 0 saturated carbocycles. The highest BCUT2D eigenvalue weighted by Gasteiger charge is 1.99. The number of allylic oxidation sites excluding steroid dienone is 1. The first-order valence-electron chi connectivity index (χ1n) is 5.54. The third-order valence-electron chi connectivity index (χ3n) is 2.33. The minimum atomic E-state index is 0.753. The zero-order valence-corrected chi connectivity index (χ0v) is 11.6. The van der Waals surface area contributed by atoms with Crippen molar-refractivity contribution in [3.05, 3.63) is 40.3 Å². The lowest BCUT2D eigenvalue weighted by molar-refractivity contribution is 0.708. The SMILES string of the molecule is C=CCCCCCNc1ccc(Cl)cc1Br. The second-order valence-corrected chi connectivity index (χ2v) is 4.98. The van der Waals surface area contributed by atoms with Gasteiger partial charge in [-0.05, 0) is 53.4 Å². The van der Waals surface area contributed by atoms with Crippen molar-refractivity contribution < 1.29 is 0 Å². The van der Waals surface area contributed by atoms with Gasteiger partial charge in [0, 0.05) is 21.7 Å². The van der Waals surface area contributed by atoms with Crippen molar-refractivity contribution in [3.8, 4) is 0 Å². The Morgan fingerprint density at radius 1 is 1.31 bits per heavy atom. The molecule has 3 heteroatoms. The fraction of sp³-hybridized carbons (Fsp3) is 0.385. The van der Waals surface area contributed by atoms with E-state index in [0.29, 0.717) is 0 Å². The molecule has 88 valence electrons.